The van der Waals surface area contributed by atoms with Gasteiger partial charge in [-0.1, -0.05) is 12.7 Å². The number of aliphatic hydroxyl groups is 1. The van der Waals surface area contributed by atoms with Gasteiger partial charge in [-0.3, -0.25) is 4.98 Å². The first-order valence-corrected chi connectivity index (χ1v) is 3.93. The molecular formula is C10H10N2O. The molecule has 0 saturated carbocycles. The minimum Gasteiger partial charge on any atom is -0.396 e. The summed E-state index contributed by atoms with van der Waals surface area (Å²) in [5.41, 5.74) is 2.13. The molecule has 0 aromatic carbocycles. The summed E-state index contributed by atoms with van der Waals surface area (Å²) in [6.07, 6.45) is 5.24. The standard InChI is InChI=1S/C10H10N2O/c1-2-8-6-12-7-9(5-11)10(8)3-4-13/h2,6-7,13H,1,3-4H2. The first-order valence-electron chi connectivity index (χ1n) is 3.93. The fourth-order valence-corrected chi connectivity index (χ4v) is 1.17. The Hall–Kier alpha value is -1.66. The van der Waals surface area contributed by atoms with Crippen LogP contribution in [0.5, 0.6) is 0 Å². The predicted octanol–water partition coefficient (Wildman–Crippen LogP) is 1.13. The van der Waals surface area contributed by atoms with Gasteiger partial charge in [0.05, 0.1) is 5.56 Å². The molecule has 3 heteroatoms. The molecule has 0 aliphatic rings. The van der Waals surface area contributed by atoms with Crippen LogP contribution < -0.4 is 0 Å². The van der Waals surface area contributed by atoms with Gasteiger partial charge in [0.25, 0.3) is 0 Å². The average molecular weight is 174 g/mol. The molecule has 0 amide bonds. The summed E-state index contributed by atoms with van der Waals surface area (Å²) in [5.74, 6) is 0. The van der Waals surface area contributed by atoms with Gasteiger partial charge >= 0.3 is 0 Å². The summed E-state index contributed by atoms with van der Waals surface area (Å²) in [7, 11) is 0. The van der Waals surface area contributed by atoms with Crippen LogP contribution in [0.25, 0.3) is 6.08 Å². The van der Waals surface area contributed by atoms with E-state index < -0.39 is 0 Å². The summed E-state index contributed by atoms with van der Waals surface area (Å²) in [6, 6.07) is 2.03. The molecule has 3 nitrogen and oxygen atoms in total. The van der Waals surface area contributed by atoms with E-state index in [1.807, 2.05) is 6.07 Å². The van der Waals surface area contributed by atoms with Crippen LogP contribution in [-0.2, 0) is 6.42 Å². The number of aliphatic hydroxyl groups excluding tert-OH is 1. The van der Waals surface area contributed by atoms with E-state index in [-0.39, 0.29) is 6.61 Å². The highest BCUT2D eigenvalue weighted by molar-refractivity contribution is 5.55. The Kier molecular flexibility index (Phi) is 3.18. The van der Waals surface area contributed by atoms with Gasteiger partial charge in [0, 0.05) is 19.0 Å². The second-order valence-corrected chi connectivity index (χ2v) is 2.54. The number of rotatable bonds is 3. The fraction of sp³-hybridized carbons (Fsp3) is 0.200. The third kappa shape index (κ3) is 1.92. The maximum absolute atomic E-state index is 8.80. The molecule has 0 spiro atoms. The molecule has 1 heterocycles. The van der Waals surface area contributed by atoms with E-state index in [0.717, 1.165) is 11.1 Å². The van der Waals surface area contributed by atoms with E-state index in [2.05, 4.69) is 11.6 Å². The molecule has 0 bridgehead atoms. The lowest BCUT2D eigenvalue weighted by Crippen LogP contribution is -1.98. The Bertz CT molecular complexity index is 352. The Balaban J connectivity index is 3.22. The summed E-state index contributed by atoms with van der Waals surface area (Å²) < 4.78 is 0. The lowest BCUT2D eigenvalue weighted by Gasteiger charge is -2.04. The highest BCUT2D eigenvalue weighted by Gasteiger charge is 2.05. The monoisotopic (exact) mass is 174 g/mol. The predicted molar refractivity (Wildman–Crippen MR) is 49.8 cm³/mol. The molecule has 0 aliphatic carbocycles. The van der Waals surface area contributed by atoms with Crippen LogP contribution in [0.4, 0.5) is 0 Å². The van der Waals surface area contributed by atoms with Gasteiger partial charge in [0.2, 0.25) is 0 Å². The van der Waals surface area contributed by atoms with Crippen molar-refractivity contribution >= 4 is 6.08 Å². The van der Waals surface area contributed by atoms with Gasteiger partial charge < -0.3 is 5.11 Å². The number of nitriles is 1. The molecule has 0 saturated heterocycles. The van der Waals surface area contributed by atoms with Crippen molar-refractivity contribution in [2.45, 2.75) is 6.42 Å². The van der Waals surface area contributed by atoms with Crippen molar-refractivity contribution in [2.24, 2.45) is 0 Å². The second-order valence-electron chi connectivity index (χ2n) is 2.54. The van der Waals surface area contributed by atoms with Gasteiger partial charge in [-0.05, 0) is 17.5 Å². The Morgan fingerprint density at radius 3 is 2.92 bits per heavy atom. The third-order valence-corrected chi connectivity index (χ3v) is 1.79. The molecule has 66 valence electrons. The van der Waals surface area contributed by atoms with Crippen LogP contribution >= 0.6 is 0 Å². The molecular weight excluding hydrogens is 164 g/mol. The van der Waals surface area contributed by atoms with E-state index in [9.17, 15) is 0 Å². The van der Waals surface area contributed by atoms with Crippen LogP contribution in [-0.4, -0.2) is 16.7 Å². The molecule has 1 aromatic rings. The number of aromatic nitrogens is 1. The van der Waals surface area contributed by atoms with Crippen molar-refractivity contribution in [3.8, 4) is 6.07 Å². The van der Waals surface area contributed by atoms with E-state index in [1.54, 1.807) is 12.3 Å². The summed E-state index contributed by atoms with van der Waals surface area (Å²) in [4.78, 5) is 3.89. The van der Waals surface area contributed by atoms with E-state index >= 15 is 0 Å². The van der Waals surface area contributed by atoms with Crippen LogP contribution in [0.3, 0.4) is 0 Å². The molecule has 0 fully saturated rings. The van der Waals surface area contributed by atoms with Gasteiger partial charge in [-0.15, -0.1) is 0 Å². The molecule has 0 aliphatic heterocycles. The Morgan fingerprint density at radius 2 is 2.38 bits per heavy atom. The first-order chi connectivity index (χ1) is 6.33. The van der Waals surface area contributed by atoms with Crippen molar-refractivity contribution in [2.75, 3.05) is 6.61 Å². The van der Waals surface area contributed by atoms with E-state index in [0.29, 0.717) is 12.0 Å². The lowest BCUT2D eigenvalue weighted by atomic mass is 10.0. The maximum Gasteiger partial charge on any atom is 0.101 e. The molecule has 1 aromatic heterocycles. The first kappa shape index (κ1) is 9.43. The quantitative estimate of drug-likeness (QED) is 0.747. The number of pyridine rings is 1. The van der Waals surface area contributed by atoms with Gasteiger partial charge in [0.1, 0.15) is 6.07 Å². The fourth-order valence-electron chi connectivity index (χ4n) is 1.17. The SMILES string of the molecule is C=Cc1cncc(C#N)c1CCO. The van der Waals surface area contributed by atoms with E-state index in [1.165, 1.54) is 6.20 Å². The number of hydrogen-bond acceptors (Lipinski definition) is 3. The summed E-state index contributed by atoms with van der Waals surface area (Å²) in [6.45, 7) is 3.65. The zero-order valence-electron chi connectivity index (χ0n) is 7.20. The third-order valence-electron chi connectivity index (χ3n) is 1.79. The highest BCUT2D eigenvalue weighted by atomic mass is 16.2. The lowest BCUT2D eigenvalue weighted by molar-refractivity contribution is 0.299. The van der Waals surface area contributed by atoms with E-state index in [4.69, 9.17) is 10.4 Å². The van der Waals surface area contributed by atoms with Crippen molar-refractivity contribution in [1.82, 2.24) is 4.98 Å². The van der Waals surface area contributed by atoms with Gasteiger partial charge in [0.15, 0.2) is 0 Å². The molecule has 1 rings (SSSR count). The summed E-state index contributed by atoms with van der Waals surface area (Å²) >= 11 is 0. The summed E-state index contributed by atoms with van der Waals surface area (Å²) in [5, 5.41) is 17.6. The zero-order valence-corrected chi connectivity index (χ0v) is 7.20. The molecule has 0 radical (unpaired) electrons. The largest absolute Gasteiger partial charge is 0.396 e. The molecule has 13 heavy (non-hydrogen) atoms. The second kappa shape index (κ2) is 4.39. The van der Waals surface area contributed by atoms with Gasteiger partial charge in [-0.25, -0.2) is 0 Å². The molecule has 1 N–H and O–H groups in total. The highest BCUT2D eigenvalue weighted by Crippen LogP contribution is 2.14. The minimum atomic E-state index is 0.0273. The van der Waals surface area contributed by atoms with Crippen LogP contribution in [0.2, 0.25) is 0 Å². The Morgan fingerprint density at radius 1 is 1.62 bits per heavy atom. The van der Waals surface area contributed by atoms with Crippen LogP contribution in [0.1, 0.15) is 16.7 Å². The van der Waals surface area contributed by atoms with Crippen molar-refractivity contribution in [3.05, 3.63) is 35.7 Å². The maximum atomic E-state index is 8.80. The van der Waals surface area contributed by atoms with Crippen LogP contribution in [0.15, 0.2) is 19.0 Å². The topological polar surface area (TPSA) is 56.9 Å². The average Bonchev–Trinajstić information content (AvgIpc) is 2.18. The van der Waals surface area contributed by atoms with Crippen LogP contribution in [0, 0.1) is 11.3 Å². The smallest absolute Gasteiger partial charge is 0.101 e. The van der Waals surface area contributed by atoms with Crippen molar-refractivity contribution < 1.29 is 5.11 Å². The van der Waals surface area contributed by atoms with Crippen molar-refractivity contribution in [1.29, 1.82) is 5.26 Å². The number of nitrogens with zero attached hydrogens (tertiary/aromatic N) is 2. The normalized spacial score (nSPS) is 9.23. The van der Waals surface area contributed by atoms with Gasteiger partial charge in [-0.2, -0.15) is 5.26 Å². The zero-order chi connectivity index (χ0) is 9.68. The Labute approximate surface area is 77.0 Å². The van der Waals surface area contributed by atoms with Crippen molar-refractivity contribution in [3.63, 3.8) is 0 Å². The minimum absolute atomic E-state index is 0.0273. The number of hydrogen-bond donors (Lipinski definition) is 1. The molecule has 0 atom stereocenters. The molecule has 0 unspecified atom stereocenters.